The van der Waals surface area contributed by atoms with Gasteiger partial charge in [0.2, 0.25) is 17.6 Å². The van der Waals surface area contributed by atoms with Crippen LogP contribution in [0.2, 0.25) is 0 Å². The minimum absolute atomic E-state index is 0.0332. The van der Waals surface area contributed by atoms with Gasteiger partial charge in [0.15, 0.2) is 0 Å². The number of hydrogen-bond acceptors (Lipinski definition) is 4. The van der Waals surface area contributed by atoms with Gasteiger partial charge in [-0.25, -0.2) is 0 Å². The SMILES string of the molecule is C[C@@H](Cl)C(=O)N1CCC[C@@H](c2nc(-c3ccccc3)no2)C1. The number of nitrogens with zero attached hydrogens (tertiary/aromatic N) is 3. The van der Waals surface area contributed by atoms with E-state index >= 15 is 0 Å². The Morgan fingerprint density at radius 3 is 2.91 bits per heavy atom. The quantitative estimate of drug-likeness (QED) is 0.816. The molecule has 2 aromatic rings. The summed E-state index contributed by atoms with van der Waals surface area (Å²) in [5.41, 5.74) is 0.927. The average molecular weight is 320 g/mol. The Kier molecular flexibility index (Phi) is 4.43. The van der Waals surface area contributed by atoms with Crippen LogP contribution < -0.4 is 0 Å². The molecule has 3 rings (SSSR count). The summed E-state index contributed by atoms with van der Waals surface area (Å²) in [5, 5.41) is 3.55. The predicted molar refractivity (Wildman–Crippen MR) is 83.6 cm³/mol. The fourth-order valence-corrected chi connectivity index (χ4v) is 2.87. The molecule has 1 aromatic carbocycles. The van der Waals surface area contributed by atoms with Crippen molar-refractivity contribution in [2.24, 2.45) is 0 Å². The predicted octanol–water partition coefficient (Wildman–Crippen LogP) is 3.07. The Labute approximate surface area is 134 Å². The van der Waals surface area contributed by atoms with Crippen molar-refractivity contribution in [3.8, 4) is 11.4 Å². The summed E-state index contributed by atoms with van der Waals surface area (Å²) in [6.45, 7) is 3.03. The first-order valence-corrected chi connectivity index (χ1v) is 7.90. The first-order chi connectivity index (χ1) is 10.6. The molecule has 1 aliphatic rings. The van der Waals surface area contributed by atoms with E-state index in [2.05, 4.69) is 10.1 Å². The lowest BCUT2D eigenvalue weighted by Crippen LogP contribution is -2.42. The van der Waals surface area contributed by atoms with E-state index in [1.807, 2.05) is 30.3 Å². The molecule has 116 valence electrons. The molecule has 0 radical (unpaired) electrons. The van der Waals surface area contributed by atoms with Crippen molar-refractivity contribution in [1.29, 1.82) is 0 Å². The number of likely N-dealkylation sites (tertiary alicyclic amines) is 1. The normalized spacial score (nSPS) is 19.9. The summed E-state index contributed by atoms with van der Waals surface area (Å²) < 4.78 is 5.42. The summed E-state index contributed by atoms with van der Waals surface area (Å²) in [7, 11) is 0. The number of halogens is 1. The van der Waals surface area contributed by atoms with Gasteiger partial charge < -0.3 is 9.42 Å². The van der Waals surface area contributed by atoms with E-state index in [1.54, 1.807) is 11.8 Å². The zero-order chi connectivity index (χ0) is 15.5. The monoisotopic (exact) mass is 319 g/mol. The molecular weight excluding hydrogens is 302 g/mol. The molecule has 1 aliphatic heterocycles. The second kappa shape index (κ2) is 6.48. The van der Waals surface area contributed by atoms with Gasteiger partial charge in [0.25, 0.3) is 0 Å². The number of rotatable bonds is 3. The molecule has 1 aromatic heterocycles. The second-order valence-corrected chi connectivity index (χ2v) is 6.22. The van der Waals surface area contributed by atoms with Gasteiger partial charge in [0.1, 0.15) is 5.38 Å². The van der Waals surface area contributed by atoms with Crippen molar-refractivity contribution in [3.05, 3.63) is 36.2 Å². The molecule has 0 unspecified atom stereocenters. The summed E-state index contributed by atoms with van der Waals surface area (Å²) in [6, 6.07) is 9.71. The number of amides is 1. The minimum atomic E-state index is -0.499. The fraction of sp³-hybridized carbons (Fsp3) is 0.438. The van der Waals surface area contributed by atoms with E-state index in [1.165, 1.54) is 0 Å². The van der Waals surface area contributed by atoms with Gasteiger partial charge >= 0.3 is 0 Å². The maximum atomic E-state index is 12.0. The van der Waals surface area contributed by atoms with Crippen molar-refractivity contribution < 1.29 is 9.32 Å². The molecule has 1 amide bonds. The average Bonchev–Trinajstić information content (AvgIpc) is 3.05. The van der Waals surface area contributed by atoms with Gasteiger partial charge in [-0.3, -0.25) is 4.79 Å². The summed E-state index contributed by atoms with van der Waals surface area (Å²) >= 11 is 5.90. The van der Waals surface area contributed by atoms with E-state index in [0.29, 0.717) is 18.3 Å². The van der Waals surface area contributed by atoms with Crippen LogP contribution in [0.5, 0.6) is 0 Å². The molecule has 1 fully saturated rings. The maximum Gasteiger partial charge on any atom is 0.240 e. The Morgan fingerprint density at radius 2 is 2.18 bits per heavy atom. The van der Waals surface area contributed by atoms with Gasteiger partial charge in [0, 0.05) is 18.7 Å². The molecular formula is C16H18ClN3O2. The van der Waals surface area contributed by atoms with Gasteiger partial charge in [-0.05, 0) is 19.8 Å². The van der Waals surface area contributed by atoms with Crippen LogP contribution in [-0.2, 0) is 4.79 Å². The highest BCUT2D eigenvalue weighted by Gasteiger charge is 2.30. The van der Waals surface area contributed by atoms with E-state index in [9.17, 15) is 4.79 Å². The van der Waals surface area contributed by atoms with Gasteiger partial charge in [-0.15, -0.1) is 11.6 Å². The molecule has 0 bridgehead atoms. The third-order valence-corrected chi connectivity index (χ3v) is 4.08. The number of benzene rings is 1. The Hall–Kier alpha value is -1.88. The van der Waals surface area contributed by atoms with Gasteiger partial charge in [0.05, 0.1) is 5.92 Å². The van der Waals surface area contributed by atoms with Crippen LogP contribution >= 0.6 is 11.6 Å². The molecule has 22 heavy (non-hydrogen) atoms. The highest BCUT2D eigenvalue weighted by Crippen LogP contribution is 2.28. The third kappa shape index (κ3) is 3.14. The lowest BCUT2D eigenvalue weighted by atomic mass is 9.97. The van der Waals surface area contributed by atoms with E-state index in [0.717, 1.165) is 24.9 Å². The lowest BCUT2D eigenvalue weighted by molar-refractivity contribution is -0.131. The third-order valence-electron chi connectivity index (χ3n) is 3.90. The van der Waals surface area contributed by atoms with Gasteiger partial charge in [-0.2, -0.15) is 4.98 Å². The van der Waals surface area contributed by atoms with Crippen LogP contribution in [0.15, 0.2) is 34.9 Å². The van der Waals surface area contributed by atoms with Crippen molar-refractivity contribution >= 4 is 17.5 Å². The fourth-order valence-electron chi connectivity index (χ4n) is 2.74. The van der Waals surface area contributed by atoms with Crippen molar-refractivity contribution in [3.63, 3.8) is 0 Å². The Bertz CT molecular complexity index is 642. The molecule has 2 heterocycles. The van der Waals surface area contributed by atoms with E-state index in [-0.39, 0.29) is 11.8 Å². The highest BCUT2D eigenvalue weighted by atomic mass is 35.5. The zero-order valence-corrected chi connectivity index (χ0v) is 13.2. The second-order valence-electron chi connectivity index (χ2n) is 5.56. The van der Waals surface area contributed by atoms with Crippen LogP contribution in [0.25, 0.3) is 11.4 Å². The number of hydrogen-bond donors (Lipinski definition) is 0. The lowest BCUT2D eigenvalue weighted by Gasteiger charge is -2.31. The molecule has 0 spiro atoms. The van der Waals surface area contributed by atoms with E-state index < -0.39 is 5.38 Å². The standard InChI is InChI=1S/C16H18ClN3O2/c1-11(17)16(21)20-9-5-8-13(10-20)15-18-14(19-22-15)12-6-3-2-4-7-12/h2-4,6-7,11,13H,5,8-10H2,1H3/t11-,13-/m1/s1. The molecule has 1 saturated heterocycles. The maximum absolute atomic E-state index is 12.0. The molecule has 6 heteroatoms. The van der Waals surface area contributed by atoms with E-state index in [4.69, 9.17) is 16.1 Å². The largest absolute Gasteiger partial charge is 0.341 e. The molecule has 0 saturated carbocycles. The van der Waals surface area contributed by atoms with Crippen LogP contribution in [0.3, 0.4) is 0 Å². The zero-order valence-electron chi connectivity index (χ0n) is 12.4. The van der Waals surface area contributed by atoms with Crippen LogP contribution in [0.1, 0.15) is 31.6 Å². The molecule has 0 N–H and O–H groups in total. The highest BCUT2D eigenvalue weighted by molar-refractivity contribution is 6.30. The van der Waals surface area contributed by atoms with Crippen LogP contribution in [0, 0.1) is 0 Å². The first-order valence-electron chi connectivity index (χ1n) is 7.47. The molecule has 2 atom stereocenters. The van der Waals surface area contributed by atoms with Crippen molar-refractivity contribution in [1.82, 2.24) is 15.0 Å². The van der Waals surface area contributed by atoms with Crippen LogP contribution in [0.4, 0.5) is 0 Å². The number of alkyl halides is 1. The number of aromatic nitrogens is 2. The summed E-state index contributed by atoms with van der Waals surface area (Å²) in [6.07, 6.45) is 1.86. The number of carbonyl (C=O) groups excluding carboxylic acids is 1. The topological polar surface area (TPSA) is 59.2 Å². The Balaban J connectivity index is 1.74. The summed E-state index contributed by atoms with van der Waals surface area (Å²) in [5.74, 6) is 1.23. The number of piperidine rings is 1. The minimum Gasteiger partial charge on any atom is -0.341 e. The molecule has 5 nitrogen and oxygen atoms in total. The van der Waals surface area contributed by atoms with Crippen molar-refractivity contribution in [2.45, 2.75) is 31.1 Å². The smallest absolute Gasteiger partial charge is 0.240 e. The summed E-state index contributed by atoms with van der Waals surface area (Å²) in [4.78, 5) is 18.3. The Morgan fingerprint density at radius 1 is 1.41 bits per heavy atom. The number of carbonyl (C=O) groups is 1. The van der Waals surface area contributed by atoms with Crippen molar-refractivity contribution in [2.75, 3.05) is 13.1 Å². The van der Waals surface area contributed by atoms with Gasteiger partial charge in [-0.1, -0.05) is 35.5 Å². The first kappa shape index (κ1) is 15.0. The van der Waals surface area contributed by atoms with Crippen LogP contribution in [-0.4, -0.2) is 39.4 Å². The molecule has 0 aliphatic carbocycles.